The van der Waals surface area contributed by atoms with E-state index in [-0.39, 0.29) is 5.91 Å². The normalized spacial score (nSPS) is 13.4. The second kappa shape index (κ2) is 11.2. The third kappa shape index (κ3) is 6.68. The minimum absolute atomic E-state index is 0.320. The zero-order valence-corrected chi connectivity index (χ0v) is 19.5. The Labute approximate surface area is 204 Å². The number of likely N-dealkylation sites (N-methyl/N-ethyl adjacent to an activating group) is 1. The highest BCUT2D eigenvalue weighted by Crippen LogP contribution is 2.31. The highest BCUT2D eigenvalue weighted by Gasteiger charge is 2.32. The summed E-state index contributed by atoms with van der Waals surface area (Å²) in [7, 11) is 1.49. The molecule has 0 radical (unpaired) electrons. The summed E-state index contributed by atoms with van der Waals surface area (Å²) in [6.07, 6.45) is -2.56. The predicted octanol–water partition coefficient (Wildman–Crippen LogP) is 6.30. The van der Waals surface area contributed by atoms with Crippen molar-refractivity contribution in [3.05, 3.63) is 99.0 Å². The SMILES string of the molecule is CNC(=O)[C@@H](N[C@@H](CCc1ccc(C(F)(F)F)nc1)c1ccc(Cl)c(Cl)c1)c1ccc(F)cc1. The first-order chi connectivity index (χ1) is 16.1. The van der Waals surface area contributed by atoms with Crippen LogP contribution in [0.2, 0.25) is 10.0 Å². The van der Waals surface area contributed by atoms with Crippen molar-refractivity contribution in [2.75, 3.05) is 7.05 Å². The number of nitrogens with one attached hydrogen (secondary N) is 2. The van der Waals surface area contributed by atoms with E-state index in [0.717, 1.165) is 11.6 Å². The van der Waals surface area contributed by atoms with Crippen LogP contribution in [0.1, 0.15) is 40.9 Å². The number of nitrogens with zero attached hydrogens (tertiary/aromatic N) is 1. The first kappa shape index (κ1) is 25.9. The molecule has 2 atom stereocenters. The van der Waals surface area contributed by atoms with Gasteiger partial charge in [0.15, 0.2) is 0 Å². The van der Waals surface area contributed by atoms with Gasteiger partial charge < -0.3 is 5.32 Å². The molecule has 1 heterocycles. The van der Waals surface area contributed by atoms with Crippen molar-refractivity contribution >= 4 is 29.1 Å². The first-order valence-corrected chi connectivity index (χ1v) is 11.0. The van der Waals surface area contributed by atoms with E-state index in [0.29, 0.717) is 34.0 Å². The molecule has 1 aromatic heterocycles. The van der Waals surface area contributed by atoms with Crippen LogP contribution in [-0.2, 0) is 17.4 Å². The van der Waals surface area contributed by atoms with Crippen LogP contribution in [0.15, 0.2) is 60.8 Å². The average molecular weight is 514 g/mol. The molecule has 180 valence electrons. The van der Waals surface area contributed by atoms with Crippen LogP contribution >= 0.6 is 23.2 Å². The second-order valence-electron chi connectivity index (χ2n) is 7.58. The summed E-state index contributed by atoms with van der Waals surface area (Å²) in [4.78, 5) is 16.2. The Morgan fingerprint density at radius 2 is 1.68 bits per heavy atom. The molecular weight excluding hydrogens is 493 g/mol. The van der Waals surface area contributed by atoms with Crippen molar-refractivity contribution in [2.24, 2.45) is 0 Å². The predicted molar refractivity (Wildman–Crippen MR) is 123 cm³/mol. The number of carbonyl (C=O) groups excluding carboxylic acids is 1. The molecule has 2 N–H and O–H groups in total. The topological polar surface area (TPSA) is 54.0 Å². The standard InChI is InChI=1S/C24H21Cl2F4N3O/c1-31-23(34)22(15-4-7-17(27)8-5-15)33-20(16-6-9-18(25)19(26)12-16)10-2-14-3-11-21(32-13-14)24(28,29)30/h3-9,11-13,20,22,33H,2,10H2,1H3,(H,31,34)/t20-,22-/m0/s1. The van der Waals surface area contributed by atoms with Crippen LogP contribution in [0.3, 0.4) is 0 Å². The molecule has 0 fully saturated rings. The number of pyridine rings is 1. The number of rotatable bonds is 8. The van der Waals surface area contributed by atoms with Gasteiger partial charge in [0.05, 0.1) is 10.0 Å². The van der Waals surface area contributed by atoms with Crippen LogP contribution in [0.25, 0.3) is 0 Å². The molecule has 1 amide bonds. The lowest BCUT2D eigenvalue weighted by Crippen LogP contribution is -2.38. The van der Waals surface area contributed by atoms with Gasteiger partial charge >= 0.3 is 6.18 Å². The van der Waals surface area contributed by atoms with E-state index in [1.807, 2.05) is 0 Å². The van der Waals surface area contributed by atoms with Crippen LogP contribution in [0.4, 0.5) is 17.6 Å². The fourth-order valence-corrected chi connectivity index (χ4v) is 3.76. The molecule has 0 aliphatic heterocycles. The highest BCUT2D eigenvalue weighted by molar-refractivity contribution is 6.42. The maximum Gasteiger partial charge on any atom is 0.433 e. The Kier molecular flexibility index (Phi) is 8.52. The monoisotopic (exact) mass is 513 g/mol. The van der Waals surface area contributed by atoms with E-state index in [4.69, 9.17) is 23.2 Å². The van der Waals surface area contributed by atoms with Gasteiger partial charge in [0.25, 0.3) is 0 Å². The van der Waals surface area contributed by atoms with Gasteiger partial charge in [0.1, 0.15) is 17.6 Å². The van der Waals surface area contributed by atoms with Gasteiger partial charge in [-0.1, -0.05) is 47.5 Å². The number of carbonyl (C=O) groups is 1. The summed E-state index contributed by atoms with van der Waals surface area (Å²) >= 11 is 12.2. The van der Waals surface area contributed by atoms with Gasteiger partial charge in [-0.2, -0.15) is 13.2 Å². The second-order valence-corrected chi connectivity index (χ2v) is 8.39. The quantitative estimate of drug-likeness (QED) is 0.347. The molecule has 2 aromatic carbocycles. The van der Waals surface area contributed by atoms with Crippen LogP contribution in [0.5, 0.6) is 0 Å². The number of alkyl halides is 3. The number of benzene rings is 2. The molecule has 0 spiro atoms. The van der Waals surface area contributed by atoms with Gasteiger partial charge in [-0.25, -0.2) is 4.39 Å². The molecule has 0 saturated heterocycles. The number of aromatic nitrogens is 1. The maximum atomic E-state index is 13.4. The van der Waals surface area contributed by atoms with Crippen molar-refractivity contribution in [3.8, 4) is 0 Å². The smallest absolute Gasteiger partial charge is 0.358 e. The summed E-state index contributed by atoms with van der Waals surface area (Å²) in [5.74, 6) is -0.775. The largest absolute Gasteiger partial charge is 0.433 e. The van der Waals surface area contributed by atoms with E-state index >= 15 is 0 Å². The fourth-order valence-electron chi connectivity index (χ4n) is 3.45. The lowest BCUT2D eigenvalue weighted by Gasteiger charge is -2.26. The van der Waals surface area contributed by atoms with Gasteiger partial charge in [-0.15, -0.1) is 0 Å². The van der Waals surface area contributed by atoms with Crippen LogP contribution < -0.4 is 10.6 Å². The summed E-state index contributed by atoms with van der Waals surface area (Å²) < 4.78 is 51.9. The van der Waals surface area contributed by atoms with Gasteiger partial charge in [0.2, 0.25) is 5.91 Å². The van der Waals surface area contributed by atoms with E-state index in [1.54, 1.807) is 18.2 Å². The molecule has 34 heavy (non-hydrogen) atoms. The third-order valence-corrected chi connectivity index (χ3v) is 6.00. The molecule has 0 aliphatic carbocycles. The summed E-state index contributed by atoms with van der Waals surface area (Å²) in [5, 5.41) is 6.54. The lowest BCUT2D eigenvalue weighted by molar-refractivity contribution is -0.141. The van der Waals surface area contributed by atoms with E-state index < -0.39 is 29.8 Å². The number of hydrogen-bond donors (Lipinski definition) is 2. The summed E-state index contributed by atoms with van der Waals surface area (Å²) in [5.41, 5.74) is 0.900. The first-order valence-electron chi connectivity index (χ1n) is 10.3. The van der Waals surface area contributed by atoms with E-state index in [1.165, 1.54) is 43.6 Å². The van der Waals surface area contributed by atoms with E-state index in [2.05, 4.69) is 15.6 Å². The number of hydrogen-bond acceptors (Lipinski definition) is 3. The highest BCUT2D eigenvalue weighted by atomic mass is 35.5. The summed E-state index contributed by atoms with van der Waals surface area (Å²) in [6.45, 7) is 0. The molecule has 3 rings (SSSR count). The zero-order valence-electron chi connectivity index (χ0n) is 18.0. The lowest BCUT2D eigenvalue weighted by atomic mass is 9.96. The Bertz CT molecular complexity index is 1120. The van der Waals surface area contributed by atoms with Gasteiger partial charge in [-0.05, 0) is 59.9 Å². The van der Waals surface area contributed by atoms with Gasteiger partial charge in [-0.3, -0.25) is 15.1 Å². The molecule has 4 nitrogen and oxygen atoms in total. The van der Waals surface area contributed by atoms with Crippen LogP contribution in [-0.4, -0.2) is 17.9 Å². The summed E-state index contributed by atoms with van der Waals surface area (Å²) in [6, 6.07) is 11.6. The minimum atomic E-state index is -4.52. The van der Waals surface area contributed by atoms with Crippen molar-refractivity contribution in [1.82, 2.24) is 15.6 Å². The molecule has 0 aliphatic rings. The molecular formula is C24H21Cl2F4N3O. The Morgan fingerprint density at radius 3 is 2.24 bits per heavy atom. The minimum Gasteiger partial charge on any atom is -0.358 e. The molecule has 0 saturated carbocycles. The average Bonchev–Trinajstić information content (AvgIpc) is 2.81. The molecule has 3 aromatic rings. The number of halogens is 6. The fraction of sp³-hybridized carbons (Fsp3) is 0.250. The van der Waals surface area contributed by atoms with Crippen LogP contribution in [0, 0.1) is 5.82 Å². The molecule has 10 heteroatoms. The maximum absolute atomic E-state index is 13.4. The number of aryl methyl sites for hydroxylation is 1. The van der Waals surface area contributed by atoms with Crippen molar-refractivity contribution < 1.29 is 22.4 Å². The zero-order chi connectivity index (χ0) is 24.9. The van der Waals surface area contributed by atoms with Gasteiger partial charge in [0, 0.05) is 19.3 Å². The number of amides is 1. The Balaban J connectivity index is 1.88. The van der Waals surface area contributed by atoms with Crippen molar-refractivity contribution in [2.45, 2.75) is 31.1 Å². The third-order valence-electron chi connectivity index (χ3n) is 5.26. The van der Waals surface area contributed by atoms with Crippen molar-refractivity contribution in [1.29, 1.82) is 0 Å². The van der Waals surface area contributed by atoms with E-state index in [9.17, 15) is 22.4 Å². The molecule has 0 unspecified atom stereocenters. The Hall–Kier alpha value is -2.68. The van der Waals surface area contributed by atoms with Crippen molar-refractivity contribution in [3.63, 3.8) is 0 Å². The molecule has 0 bridgehead atoms. The Morgan fingerprint density at radius 1 is 1.00 bits per heavy atom.